The summed E-state index contributed by atoms with van der Waals surface area (Å²) in [5.74, 6) is -0.913. The summed E-state index contributed by atoms with van der Waals surface area (Å²) in [5.41, 5.74) is 7.70. The van der Waals surface area contributed by atoms with Crippen molar-refractivity contribution in [3.8, 4) is 34.3 Å². The fourth-order valence-corrected chi connectivity index (χ4v) is 4.76. The van der Waals surface area contributed by atoms with Crippen molar-refractivity contribution >= 4 is 22.5 Å². The Balaban J connectivity index is 1.63. The quantitative estimate of drug-likeness (QED) is 0.336. The Morgan fingerprint density at radius 3 is 2.66 bits per heavy atom. The molecule has 41 heavy (non-hydrogen) atoms. The Morgan fingerprint density at radius 2 is 1.90 bits per heavy atom. The molecule has 202 valence electrons. The highest BCUT2D eigenvalue weighted by Gasteiger charge is 2.27. The van der Waals surface area contributed by atoms with Crippen molar-refractivity contribution in [2.45, 2.75) is 13.0 Å². The number of methoxy groups -OCH3 is 1. The van der Waals surface area contributed by atoms with E-state index in [1.54, 1.807) is 19.1 Å². The van der Waals surface area contributed by atoms with E-state index in [1.165, 1.54) is 54.6 Å². The number of benzene rings is 1. The molecule has 0 spiro atoms. The van der Waals surface area contributed by atoms with Gasteiger partial charge in [-0.25, -0.2) is 33.4 Å². The molecule has 0 fully saturated rings. The average molecular weight is 552 g/mol. The lowest BCUT2D eigenvalue weighted by molar-refractivity contribution is 0.396. The SMILES string of the molecule is COc1ncc(-c2nn([C@H](C)c3nc4ccc(F)cn4c(=O)c3-c3cccc(F)c3)c3ncnc(N)c23)cc1C#N. The maximum Gasteiger partial charge on any atom is 0.266 e. The number of fused-ring (bicyclic) bond motifs is 2. The Bertz CT molecular complexity index is 2100. The zero-order valence-corrected chi connectivity index (χ0v) is 21.6. The summed E-state index contributed by atoms with van der Waals surface area (Å²) in [7, 11) is 1.41. The minimum atomic E-state index is -0.761. The van der Waals surface area contributed by atoms with Gasteiger partial charge in [0.05, 0.1) is 29.8 Å². The normalized spacial score (nSPS) is 12.0. The maximum absolute atomic E-state index is 14.3. The topological polar surface area (TPSA) is 150 Å². The zero-order chi connectivity index (χ0) is 28.8. The first-order valence-corrected chi connectivity index (χ1v) is 12.2. The van der Waals surface area contributed by atoms with E-state index in [0.717, 1.165) is 10.6 Å². The standard InChI is InChI=1S/C28H19F2N9O2/c1-14(23-21(15-4-3-5-18(29)9-15)28(40)38-12-19(30)6-7-20(38)36-23)39-26-22(25(32)34-13-35-26)24(37-39)17-8-16(10-31)27(41-2)33-11-17/h3-9,11-14H,1-2H3,(H2,32,34,35)/t14-/m1/s1. The monoisotopic (exact) mass is 551 g/mol. The van der Waals surface area contributed by atoms with Crippen LogP contribution in [-0.4, -0.2) is 41.2 Å². The fourth-order valence-electron chi connectivity index (χ4n) is 4.76. The molecule has 0 saturated heterocycles. The molecule has 1 atom stereocenters. The van der Waals surface area contributed by atoms with E-state index in [1.807, 2.05) is 6.07 Å². The largest absolute Gasteiger partial charge is 0.480 e. The number of ether oxygens (including phenoxy) is 1. The molecule has 0 saturated carbocycles. The third-order valence-electron chi connectivity index (χ3n) is 6.65. The molecular formula is C28H19F2N9O2. The number of nitriles is 1. The first-order chi connectivity index (χ1) is 19.8. The van der Waals surface area contributed by atoms with Gasteiger partial charge >= 0.3 is 0 Å². The number of pyridine rings is 2. The molecule has 0 aliphatic heterocycles. The van der Waals surface area contributed by atoms with Crippen LogP contribution in [0.1, 0.15) is 24.2 Å². The Kier molecular flexibility index (Phi) is 6.07. The Labute approximate surface area is 230 Å². The van der Waals surface area contributed by atoms with Crippen molar-refractivity contribution in [3.05, 3.63) is 94.4 Å². The van der Waals surface area contributed by atoms with Gasteiger partial charge in [-0.05, 0) is 42.8 Å². The van der Waals surface area contributed by atoms with Crippen LogP contribution in [0.3, 0.4) is 0 Å². The number of hydrogen-bond donors (Lipinski definition) is 1. The van der Waals surface area contributed by atoms with Gasteiger partial charge in [0.15, 0.2) is 5.65 Å². The van der Waals surface area contributed by atoms with E-state index < -0.39 is 23.2 Å². The van der Waals surface area contributed by atoms with E-state index in [9.17, 15) is 18.8 Å². The Morgan fingerprint density at radius 1 is 1.07 bits per heavy atom. The first kappa shape index (κ1) is 25.5. The number of rotatable bonds is 5. The van der Waals surface area contributed by atoms with Crippen LogP contribution in [0.2, 0.25) is 0 Å². The summed E-state index contributed by atoms with van der Waals surface area (Å²) in [5, 5.41) is 14.7. The third kappa shape index (κ3) is 4.18. The van der Waals surface area contributed by atoms with Gasteiger partial charge in [0.2, 0.25) is 5.88 Å². The lowest BCUT2D eigenvalue weighted by Gasteiger charge is -2.18. The highest BCUT2D eigenvalue weighted by atomic mass is 19.1. The summed E-state index contributed by atoms with van der Waals surface area (Å²) in [4.78, 5) is 31.1. The Hall–Kier alpha value is -5.77. The molecule has 0 bridgehead atoms. The van der Waals surface area contributed by atoms with Crippen molar-refractivity contribution in [2.75, 3.05) is 12.8 Å². The number of halogens is 2. The molecule has 6 rings (SSSR count). The minimum Gasteiger partial charge on any atom is -0.480 e. The second kappa shape index (κ2) is 9.76. The molecule has 2 N–H and O–H groups in total. The molecule has 0 aliphatic carbocycles. The molecule has 5 aromatic heterocycles. The van der Waals surface area contributed by atoms with Crippen LogP contribution < -0.4 is 16.0 Å². The highest BCUT2D eigenvalue weighted by Crippen LogP contribution is 2.35. The predicted octanol–water partition coefficient (Wildman–Crippen LogP) is 3.91. The number of hydrogen-bond acceptors (Lipinski definition) is 9. The minimum absolute atomic E-state index is 0.0604. The molecule has 0 unspecified atom stereocenters. The average Bonchev–Trinajstić information content (AvgIpc) is 3.37. The van der Waals surface area contributed by atoms with Gasteiger partial charge in [-0.3, -0.25) is 9.20 Å². The van der Waals surface area contributed by atoms with Gasteiger partial charge < -0.3 is 10.5 Å². The summed E-state index contributed by atoms with van der Waals surface area (Å²) >= 11 is 0. The number of nitrogens with zero attached hydrogens (tertiary/aromatic N) is 8. The van der Waals surface area contributed by atoms with Gasteiger partial charge in [-0.2, -0.15) is 10.4 Å². The van der Waals surface area contributed by atoms with Gasteiger partial charge in [0.25, 0.3) is 5.56 Å². The number of aromatic nitrogens is 7. The van der Waals surface area contributed by atoms with Crippen LogP contribution in [0.4, 0.5) is 14.6 Å². The molecule has 0 amide bonds. The lowest BCUT2D eigenvalue weighted by atomic mass is 10.0. The molecule has 13 heteroatoms. The molecule has 1 aromatic carbocycles. The van der Waals surface area contributed by atoms with Gasteiger partial charge in [-0.15, -0.1) is 0 Å². The van der Waals surface area contributed by atoms with Crippen LogP contribution in [0.5, 0.6) is 5.88 Å². The first-order valence-electron chi connectivity index (χ1n) is 12.2. The molecule has 0 radical (unpaired) electrons. The van der Waals surface area contributed by atoms with Crippen LogP contribution in [0.15, 0.2) is 66.0 Å². The molecule has 5 heterocycles. The zero-order valence-electron chi connectivity index (χ0n) is 21.6. The number of nitrogens with two attached hydrogens (primary N) is 1. The van der Waals surface area contributed by atoms with Crippen LogP contribution in [0.25, 0.3) is 39.1 Å². The van der Waals surface area contributed by atoms with E-state index in [4.69, 9.17) is 15.6 Å². The second-order valence-corrected chi connectivity index (χ2v) is 9.08. The third-order valence-corrected chi connectivity index (χ3v) is 6.65. The predicted molar refractivity (Wildman–Crippen MR) is 145 cm³/mol. The highest BCUT2D eigenvalue weighted by molar-refractivity contribution is 5.98. The number of nitrogen functional groups attached to an aromatic ring is 1. The van der Waals surface area contributed by atoms with Crippen molar-refractivity contribution in [1.29, 1.82) is 5.26 Å². The smallest absolute Gasteiger partial charge is 0.266 e. The van der Waals surface area contributed by atoms with Crippen LogP contribution in [0, 0.1) is 23.0 Å². The van der Waals surface area contributed by atoms with E-state index in [-0.39, 0.29) is 39.7 Å². The molecule has 11 nitrogen and oxygen atoms in total. The van der Waals surface area contributed by atoms with E-state index in [2.05, 4.69) is 19.9 Å². The van der Waals surface area contributed by atoms with Gasteiger partial charge in [-0.1, -0.05) is 12.1 Å². The van der Waals surface area contributed by atoms with E-state index >= 15 is 0 Å². The van der Waals surface area contributed by atoms with Crippen molar-refractivity contribution in [3.63, 3.8) is 0 Å². The molecule has 0 aliphatic rings. The van der Waals surface area contributed by atoms with Crippen LogP contribution >= 0.6 is 0 Å². The summed E-state index contributed by atoms with van der Waals surface area (Å²) in [6.07, 6.45) is 3.79. The summed E-state index contributed by atoms with van der Waals surface area (Å²) in [6.45, 7) is 1.74. The molecular weight excluding hydrogens is 532 g/mol. The van der Waals surface area contributed by atoms with Crippen LogP contribution in [-0.2, 0) is 0 Å². The summed E-state index contributed by atoms with van der Waals surface area (Å²) in [6, 6.07) is 10.9. The fraction of sp³-hybridized carbons (Fsp3) is 0.107. The molecule has 6 aromatic rings. The van der Waals surface area contributed by atoms with Crippen molar-refractivity contribution in [2.24, 2.45) is 0 Å². The maximum atomic E-state index is 14.3. The lowest BCUT2D eigenvalue weighted by Crippen LogP contribution is -2.23. The summed E-state index contributed by atoms with van der Waals surface area (Å²) < 4.78 is 36.1. The van der Waals surface area contributed by atoms with Gasteiger partial charge in [0.1, 0.15) is 46.8 Å². The second-order valence-electron chi connectivity index (χ2n) is 9.08. The van der Waals surface area contributed by atoms with Crippen molar-refractivity contribution < 1.29 is 13.5 Å². The van der Waals surface area contributed by atoms with E-state index in [0.29, 0.717) is 22.3 Å². The van der Waals surface area contributed by atoms with Crippen molar-refractivity contribution in [1.82, 2.24) is 34.1 Å². The number of anilines is 1. The van der Waals surface area contributed by atoms with Gasteiger partial charge in [0, 0.05) is 18.0 Å².